The molecule has 0 aliphatic carbocycles. The highest BCUT2D eigenvalue weighted by Gasteiger charge is 2.31. The van der Waals surface area contributed by atoms with Gasteiger partial charge in [0.05, 0.1) is 6.61 Å². The van der Waals surface area contributed by atoms with Gasteiger partial charge in [-0.2, -0.15) is 0 Å². The van der Waals surface area contributed by atoms with E-state index in [1.165, 1.54) is 0 Å². The highest BCUT2D eigenvalue weighted by molar-refractivity contribution is 6.18. The Kier molecular flexibility index (Phi) is 5.40. The molecule has 1 aliphatic rings. The molecule has 1 saturated heterocycles. The third-order valence-corrected chi connectivity index (χ3v) is 3.15. The van der Waals surface area contributed by atoms with Crippen molar-refractivity contribution in [2.45, 2.75) is 20.3 Å². The van der Waals surface area contributed by atoms with E-state index in [2.05, 4.69) is 6.92 Å². The van der Waals surface area contributed by atoms with E-state index < -0.39 is 0 Å². The number of halogens is 1. The van der Waals surface area contributed by atoms with Gasteiger partial charge >= 0.3 is 0 Å². The number of alkyl halides is 1. The lowest BCUT2D eigenvalue weighted by Crippen LogP contribution is -2.29. The Hall–Kier alpha value is -0.280. The van der Waals surface area contributed by atoms with Gasteiger partial charge in [-0.15, -0.1) is 11.6 Å². The van der Waals surface area contributed by atoms with Gasteiger partial charge in [0.15, 0.2) is 0 Å². The molecule has 1 heterocycles. The number of likely N-dealkylation sites (tertiary alicyclic amines) is 1. The van der Waals surface area contributed by atoms with Gasteiger partial charge in [-0.05, 0) is 12.8 Å². The zero-order chi connectivity index (χ0) is 11.3. The quantitative estimate of drug-likeness (QED) is 0.678. The molecule has 0 N–H and O–H groups in total. The second-order valence-electron chi connectivity index (χ2n) is 4.13. The first kappa shape index (κ1) is 12.8. The summed E-state index contributed by atoms with van der Waals surface area (Å²) in [7, 11) is 0. The van der Waals surface area contributed by atoms with E-state index in [1.807, 2.05) is 11.8 Å². The van der Waals surface area contributed by atoms with Gasteiger partial charge in [-0.3, -0.25) is 4.79 Å². The maximum Gasteiger partial charge on any atom is 0.223 e. The topological polar surface area (TPSA) is 29.5 Å². The fraction of sp³-hybridized carbons (Fsp3) is 0.909. The van der Waals surface area contributed by atoms with Crippen LogP contribution in [0, 0.1) is 11.8 Å². The van der Waals surface area contributed by atoms with Gasteiger partial charge in [0.25, 0.3) is 0 Å². The highest BCUT2D eigenvalue weighted by Crippen LogP contribution is 2.23. The first-order chi connectivity index (χ1) is 7.19. The summed E-state index contributed by atoms with van der Waals surface area (Å²) < 4.78 is 5.41. The van der Waals surface area contributed by atoms with Crippen molar-refractivity contribution in [3.8, 4) is 0 Å². The Labute approximate surface area is 96.7 Å². The zero-order valence-electron chi connectivity index (χ0n) is 9.54. The molecule has 3 nitrogen and oxygen atoms in total. The van der Waals surface area contributed by atoms with Crippen LogP contribution in [0.25, 0.3) is 0 Å². The average Bonchev–Trinajstić information content (AvgIpc) is 2.57. The summed E-state index contributed by atoms with van der Waals surface area (Å²) in [6.45, 7) is 7.37. The summed E-state index contributed by atoms with van der Waals surface area (Å²) in [6.07, 6.45) is 0.454. The number of amides is 1. The summed E-state index contributed by atoms with van der Waals surface area (Å²) in [5.74, 6) is 1.62. The van der Waals surface area contributed by atoms with Crippen molar-refractivity contribution in [1.82, 2.24) is 4.90 Å². The molecule has 0 spiro atoms. The number of carbonyl (C=O) groups is 1. The van der Waals surface area contributed by atoms with E-state index in [4.69, 9.17) is 16.3 Å². The van der Waals surface area contributed by atoms with E-state index in [0.717, 1.165) is 26.3 Å². The van der Waals surface area contributed by atoms with Crippen molar-refractivity contribution in [2.24, 2.45) is 11.8 Å². The maximum absolute atomic E-state index is 11.6. The van der Waals surface area contributed by atoms with Crippen molar-refractivity contribution in [3.63, 3.8) is 0 Å². The van der Waals surface area contributed by atoms with Gasteiger partial charge in [0.1, 0.15) is 0 Å². The molecule has 88 valence electrons. The number of hydrogen-bond donors (Lipinski definition) is 0. The second-order valence-corrected chi connectivity index (χ2v) is 4.51. The molecule has 0 saturated carbocycles. The van der Waals surface area contributed by atoms with E-state index in [-0.39, 0.29) is 5.91 Å². The van der Waals surface area contributed by atoms with Crippen LogP contribution in [0.4, 0.5) is 0 Å². The van der Waals surface area contributed by atoms with Crippen molar-refractivity contribution >= 4 is 17.5 Å². The third kappa shape index (κ3) is 3.65. The number of rotatable bonds is 5. The summed E-state index contributed by atoms with van der Waals surface area (Å²) in [5, 5.41) is 0. The van der Waals surface area contributed by atoms with Gasteiger partial charge < -0.3 is 9.64 Å². The Bertz CT molecular complexity index is 211. The third-order valence-electron chi connectivity index (χ3n) is 2.97. The van der Waals surface area contributed by atoms with E-state index in [1.54, 1.807) is 0 Å². The summed E-state index contributed by atoms with van der Waals surface area (Å²) in [5.41, 5.74) is 0. The molecule has 2 atom stereocenters. The molecule has 0 aromatic rings. The Morgan fingerprint density at radius 3 is 2.87 bits per heavy atom. The van der Waals surface area contributed by atoms with Crippen LogP contribution >= 0.6 is 11.6 Å². The fourth-order valence-corrected chi connectivity index (χ4v) is 2.12. The lowest BCUT2D eigenvalue weighted by molar-refractivity contribution is -0.130. The predicted octanol–water partition coefficient (Wildman–Crippen LogP) is 1.75. The van der Waals surface area contributed by atoms with Gasteiger partial charge in [-0.25, -0.2) is 0 Å². The van der Waals surface area contributed by atoms with Crippen molar-refractivity contribution in [1.29, 1.82) is 0 Å². The molecule has 0 aromatic carbocycles. The smallest absolute Gasteiger partial charge is 0.223 e. The van der Waals surface area contributed by atoms with Crippen LogP contribution in [0.15, 0.2) is 0 Å². The van der Waals surface area contributed by atoms with Crippen LogP contribution in [0.2, 0.25) is 0 Å². The van der Waals surface area contributed by atoms with Crippen molar-refractivity contribution in [2.75, 3.05) is 32.2 Å². The first-order valence-corrected chi connectivity index (χ1v) is 6.14. The van der Waals surface area contributed by atoms with Gasteiger partial charge in [-0.1, -0.05) is 6.92 Å². The summed E-state index contributed by atoms with van der Waals surface area (Å²) in [6, 6.07) is 0. The second kappa shape index (κ2) is 6.33. The minimum atomic E-state index is 0.177. The number of carbonyl (C=O) groups excluding carboxylic acids is 1. The number of hydrogen-bond acceptors (Lipinski definition) is 2. The molecule has 4 heteroatoms. The molecule has 0 unspecified atom stereocenters. The van der Waals surface area contributed by atoms with Gasteiger partial charge in [0.2, 0.25) is 5.91 Å². The minimum Gasteiger partial charge on any atom is -0.381 e. The molecule has 1 rings (SSSR count). The van der Waals surface area contributed by atoms with Crippen LogP contribution in [-0.4, -0.2) is 43.0 Å². The average molecular weight is 234 g/mol. The molecule has 0 bridgehead atoms. The molecular weight excluding hydrogens is 214 g/mol. The lowest BCUT2D eigenvalue weighted by Gasteiger charge is -2.15. The maximum atomic E-state index is 11.6. The summed E-state index contributed by atoms with van der Waals surface area (Å²) in [4.78, 5) is 13.5. The molecular formula is C11H20ClNO2. The van der Waals surface area contributed by atoms with Crippen LogP contribution < -0.4 is 0 Å². The SMILES string of the molecule is CCOC[C@@H]1CN(C(=O)CCCl)C[C@H]1C. The normalized spacial score (nSPS) is 25.9. The predicted molar refractivity (Wildman–Crippen MR) is 61.1 cm³/mol. The first-order valence-electron chi connectivity index (χ1n) is 5.60. The highest BCUT2D eigenvalue weighted by atomic mass is 35.5. The van der Waals surface area contributed by atoms with Crippen LogP contribution in [0.5, 0.6) is 0 Å². The number of nitrogens with zero attached hydrogens (tertiary/aromatic N) is 1. The number of ether oxygens (including phenoxy) is 1. The van der Waals surface area contributed by atoms with Gasteiger partial charge in [0, 0.05) is 37.9 Å². The summed E-state index contributed by atoms with van der Waals surface area (Å²) >= 11 is 5.56. The minimum absolute atomic E-state index is 0.177. The largest absolute Gasteiger partial charge is 0.381 e. The van der Waals surface area contributed by atoms with E-state index in [0.29, 0.717) is 24.1 Å². The van der Waals surface area contributed by atoms with E-state index in [9.17, 15) is 4.79 Å². The zero-order valence-corrected chi connectivity index (χ0v) is 10.3. The molecule has 1 fully saturated rings. The Balaban J connectivity index is 2.37. The van der Waals surface area contributed by atoms with Crippen molar-refractivity contribution in [3.05, 3.63) is 0 Å². The molecule has 1 aliphatic heterocycles. The Morgan fingerprint density at radius 2 is 2.27 bits per heavy atom. The van der Waals surface area contributed by atoms with Crippen LogP contribution in [-0.2, 0) is 9.53 Å². The standard InChI is InChI=1S/C11H20ClNO2/c1-3-15-8-10-7-13(6-9(10)2)11(14)4-5-12/h9-10H,3-8H2,1-2H3/t9-,10+/m1/s1. The molecule has 0 aromatic heterocycles. The fourth-order valence-electron chi connectivity index (χ4n) is 1.96. The van der Waals surface area contributed by atoms with Crippen LogP contribution in [0.3, 0.4) is 0 Å². The Morgan fingerprint density at radius 1 is 1.53 bits per heavy atom. The molecule has 15 heavy (non-hydrogen) atoms. The lowest BCUT2D eigenvalue weighted by atomic mass is 9.99. The monoisotopic (exact) mass is 233 g/mol. The molecule has 1 amide bonds. The molecule has 0 radical (unpaired) electrons. The van der Waals surface area contributed by atoms with Crippen molar-refractivity contribution < 1.29 is 9.53 Å². The van der Waals surface area contributed by atoms with Crippen LogP contribution in [0.1, 0.15) is 20.3 Å². The van der Waals surface area contributed by atoms with E-state index >= 15 is 0 Å².